The number of nitrogens with zero attached hydrogens (tertiary/aromatic N) is 2. The molecule has 0 saturated carbocycles. The van der Waals surface area contributed by atoms with Gasteiger partial charge in [-0.1, -0.05) is 56.3 Å². The van der Waals surface area contributed by atoms with Crippen molar-refractivity contribution in [2.24, 2.45) is 5.92 Å². The Morgan fingerprint density at radius 1 is 0.930 bits per heavy atom. The average Bonchev–Trinajstić information content (AvgIpc) is 2.97. The summed E-state index contributed by atoms with van der Waals surface area (Å²) in [5.41, 5.74) is 2.04. The standard InChI is InChI=1S/C33H42FN3O5S/c1-5-42-30-19-17-29(18-20-30)37(43(4,40)41)21-9-12-32(38)36(24-27-13-15-28(34)16-14-27)31(33(39)35-23-25(2)3)22-26-10-7-6-8-11-26/h6-8,10-11,13-20,25,31H,5,9,12,21-24H2,1-4H3,(H,35,39)/t31-/m0/s1. The highest BCUT2D eigenvalue weighted by atomic mass is 32.2. The van der Waals surface area contributed by atoms with Crippen molar-refractivity contribution in [3.05, 3.63) is 95.8 Å². The molecule has 1 atom stereocenters. The summed E-state index contributed by atoms with van der Waals surface area (Å²) in [6, 6.07) is 21.2. The van der Waals surface area contributed by atoms with Crippen molar-refractivity contribution in [1.82, 2.24) is 10.2 Å². The molecule has 3 rings (SSSR count). The molecule has 8 nitrogen and oxygen atoms in total. The van der Waals surface area contributed by atoms with Crippen molar-refractivity contribution < 1.29 is 27.1 Å². The maximum absolute atomic E-state index is 13.9. The minimum absolute atomic E-state index is 0.00694. The predicted molar refractivity (Wildman–Crippen MR) is 168 cm³/mol. The number of carbonyl (C=O) groups is 2. The Kier molecular flexibility index (Phi) is 12.5. The summed E-state index contributed by atoms with van der Waals surface area (Å²) < 4.78 is 45.7. The summed E-state index contributed by atoms with van der Waals surface area (Å²) >= 11 is 0. The Balaban J connectivity index is 1.85. The van der Waals surface area contributed by atoms with Gasteiger partial charge < -0.3 is 15.0 Å². The van der Waals surface area contributed by atoms with E-state index in [9.17, 15) is 22.4 Å². The van der Waals surface area contributed by atoms with Crippen LogP contribution in [0.5, 0.6) is 5.75 Å². The molecule has 0 aliphatic rings. The number of hydrogen-bond donors (Lipinski definition) is 1. The first-order valence-electron chi connectivity index (χ1n) is 14.5. The first-order chi connectivity index (χ1) is 20.5. The van der Waals surface area contributed by atoms with Crippen LogP contribution >= 0.6 is 0 Å². The largest absolute Gasteiger partial charge is 0.494 e. The number of halogens is 1. The van der Waals surface area contributed by atoms with Crippen molar-refractivity contribution >= 4 is 27.5 Å². The topological polar surface area (TPSA) is 96.0 Å². The van der Waals surface area contributed by atoms with Crippen LogP contribution in [-0.4, -0.2) is 57.1 Å². The Labute approximate surface area is 254 Å². The smallest absolute Gasteiger partial charge is 0.243 e. The zero-order valence-corrected chi connectivity index (χ0v) is 26.1. The van der Waals surface area contributed by atoms with E-state index < -0.39 is 21.9 Å². The zero-order valence-electron chi connectivity index (χ0n) is 25.3. The lowest BCUT2D eigenvalue weighted by molar-refractivity contribution is -0.141. The molecule has 1 N–H and O–H groups in total. The van der Waals surface area contributed by atoms with E-state index in [1.54, 1.807) is 36.4 Å². The third-order valence-electron chi connectivity index (χ3n) is 6.81. The summed E-state index contributed by atoms with van der Waals surface area (Å²) in [4.78, 5) is 28.9. The SMILES string of the molecule is CCOc1ccc(N(CCCC(=O)N(Cc2ccc(F)cc2)[C@@H](Cc2ccccc2)C(=O)NCC(C)C)S(C)(=O)=O)cc1. The molecule has 0 aliphatic heterocycles. The van der Waals surface area contributed by atoms with Crippen LogP contribution in [0.3, 0.4) is 0 Å². The fourth-order valence-corrected chi connectivity index (χ4v) is 5.61. The average molecular weight is 612 g/mol. The predicted octanol–water partition coefficient (Wildman–Crippen LogP) is 5.18. The Morgan fingerprint density at radius 3 is 2.16 bits per heavy atom. The molecular weight excluding hydrogens is 569 g/mol. The summed E-state index contributed by atoms with van der Waals surface area (Å²) in [7, 11) is -3.63. The lowest BCUT2D eigenvalue weighted by Crippen LogP contribution is -2.51. The van der Waals surface area contributed by atoms with E-state index in [1.165, 1.54) is 21.3 Å². The molecule has 0 aliphatic carbocycles. The van der Waals surface area contributed by atoms with Gasteiger partial charge in [-0.3, -0.25) is 13.9 Å². The highest BCUT2D eigenvalue weighted by Crippen LogP contribution is 2.23. The quantitative estimate of drug-likeness (QED) is 0.241. The highest BCUT2D eigenvalue weighted by molar-refractivity contribution is 7.92. The third kappa shape index (κ3) is 10.7. The number of ether oxygens (including phenoxy) is 1. The summed E-state index contributed by atoms with van der Waals surface area (Å²) in [5, 5.41) is 2.97. The van der Waals surface area contributed by atoms with E-state index in [1.807, 2.05) is 51.1 Å². The fourth-order valence-electron chi connectivity index (χ4n) is 4.64. The van der Waals surface area contributed by atoms with Gasteiger partial charge in [-0.25, -0.2) is 12.8 Å². The van der Waals surface area contributed by atoms with Gasteiger partial charge >= 0.3 is 0 Å². The van der Waals surface area contributed by atoms with Crippen LogP contribution in [0.1, 0.15) is 44.7 Å². The normalized spacial score (nSPS) is 12.0. The molecule has 0 unspecified atom stereocenters. The minimum atomic E-state index is -3.63. The number of amides is 2. The zero-order chi connectivity index (χ0) is 31.4. The number of nitrogens with one attached hydrogen (secondary N) is 1. The maximum atomic E-state index is 13.9. The molecule has 3 aromatic rings. The van der Waals surface area contributed by atoms with Gasteiger partial charge in [0.05, 0.1) is 18.6 Å². The molecule has 0 fully saturated rings. The van der Waals surface area contributed by atoms with Crippen LogP contribution in [0.15, 0.2) is 78.9 Å². The van der Waals surface area contributed by atoms with Crippen molar-refractivity contribution in [2.45, 2.75) is 52.6 Å². The third-order valence-corrected chi connectivity index (χ3v) is 8.00. The Bertz CT molecular complexity index is 1420. The number of carbonyl (C=O) groups excluding carboxylic acids is 2. The van der Waals surface area contributed by atoms with Gasteiger partial charge in [-0.2, -0.15) is 0 Å². The first-order valence-corrected chi connectivity index (χ1v) is 16.4. The Hall–Kier alpha value is -3.92. The molecule has 232 valence electrons. The van der Waals surface area contributed by atoms with Crippen molar-refractivity contribution in [1.29, 1.82) is 0 Å². The van der Waals surface area contributed by atoms with Gasteiger partial charge in [0.1, 0.15) is 17.6 Å². The van der Waals surface area contributed by atoms with Gasteiger partial charge in [0.25, 0.3) is 0 Å². The minimum Gasteiger partial charge on any atom is -0.494 e. The number of anilines is 1. The van der Waals surface area contributed by atoms with E-state index in [4.69, 9.17) is 4.74 Å². The second kappa shape index (κ2) is 16.1. The highest BCUT2D eigenvalue weighted by Gasteiger charge is 2.30. The summed E-state index contributed by atoms with van der Waals surface area (Å²) in [5.74, 6) is -0.128. The first kappa shape index (κ1) is 33.6. The van der Waals surface area contributed by atoms with E-state index in [0.29, 0.717) is 36.6 Å². The van der Waals surface area contributed by atoms with E-state index in [2.05, 4.69) is 5.32 Å². The molecule has 0 bridgehead atoms. The van der Waals surface area contributed by atoms with Gasteiger partial charge in [0.15, 0.2) is 0 Å². The van der Waals surface area contributed by atoms with Gasteiger partial charge in [-0.15, -0.1) is 0 Å². The molecule has 0 radical (unpaired) electrons. The lowest BCUT2D eigenvalue weighted by Gasteiger charge is -2.32. The number of rotatable bonds is 16. The Morgan fingerprint density at radius 2 is 1.58 bits per heavy atom. The van der Waals surface area contributed by atoms with Crippen LogP contribution in [0, 0.1) is 11.7 Å². The van der Waals surface area contributed by atoms with Crippen LogP contribution in [0.25, 0.3) is 0 Å². The fraction of sp³-hybridized carbons (Fsp3) is 0.394. The van der Waals surface area contributed by atoms with E-state index in [-0.39, 0.29) is 43.7 Å². The van der Waals surface area contributed by atoms with Gasteiger partial charge in [-0.05, 0) is 66.8 Å². The van der Waals surface area contributed by atoms with E-state index in [0.717, 1.165) is 11.8 Å². The second-order valence-corrected chi connectivity index (χ2v) is 12.8. The van der Waals surface area contributed by atoms with Crippen molar-refractivity contribution in [2.75, 3.05) is 30.3 Å². The van der Waals surface area contributed by atoms with Crippen LogP contribution in [0.2, 0.25) is 0 Å². The van der Waals surface area contributed by atoms with Crippen LogP contribution < -0.4 is 14.4 Å². The second-order valence-electron chi connectivity index (χ2n) is 10.9. The number of sulfonamides is 1. The van der Waals surface area contributed by atoms with Gasteiger partial charge in [0, 0.05) is 32.5 Å². The van der Waals surface area contributed by atoms with Crippen LogP contribution in [0.4, 0.5) is 10.1 Å². The lowest BCUT2D eigenvalue weighted by atomic mass is 10.0. The summed E-state index contributed by atoms with van der Waals surface area (Å²) in [6.07, 6.45) is 1.65. The molecule has 0 spiro atoms. The molecule has 10 heteroatoms. The summed E-state index contributed by atoms with van der Waals surface area (Å²) in [6.45, 7) is 6.97. The molecule has 2 amide bonds. The molecular formula is C33H42FN3O5S. The van der Waals surface area contributed by atoms with Gasteiger partial charge in [0.2, 0.25) is 21.8 Å². The van der Waals surface area contributed by atoms with Crippen molar-refractivity contribution in [3.8, 4) is 5.75 Å². The molecule has 3 aromatic carbocycles. The van der Waals surface area contributed by atoms with Crippen LogP contribution in [-0.2, 0) is 32.6 Å². The van der Waals surface area contributed by atoms with Crippen molar-refractivity contribution in [3.63, 3.8) is 0 Å². The molecule has 0 heterocycles. The maximum Gasteiger partial charge on any atom is 0.243 e. The monoisotopic (exact) mass is 611 g/mol. The van der Waals surface area contributed by atoms with E-state index >= 15 is 0 Å². The number of benzene rings is 3. The molecule has 43 heavy (non-hydrogen) atoms. The number of hydrogen-bond acceptors (Lipinski definition) is 5. The molecule has 0 aromatic heterocycles. The molecule has 0 saturated heterocycles.